The minimum Gasteiger partial charge on any atom is -0.372 e. The predicted octanol–water partition coefficient (Wildman–Crippen LogP) is 3.24. The van der Waals surface area contributed by atoms with Gasteiger partial charge in [-0.05, 0) is 54.5 Å². The van der Waals surface area contributed by atoms with Gasteiger partial charge >= 0.3 is 0 Å². The summed E-state index contributed by atoms with van der Waals surface area (Å²) < 4.78 is 26.1. The minimum atomic E-state index is -3.62. The van der Waals surface area contributed by atoms with Gasteiger partial charge in [0.15, 0.2) is 0 Å². The zero-order chi connectivity index (χ0) is 19.4. The number of likely N-dealkylation sites (N-methyl/N-ethyl adjacent to an activating group) is 1. The van der Waals surface area contributed by atoms with E-state index in [4.69, 9.17) is 0 Å². The lowest BCUT2D eigenvalue weighted by Crippen LogP contribution is -2.34. The first kappa shape index (κ1) is 19.9. The summed E-state index contributed by atoms with van der Waals surface area (Å²) in [4.78, 5) is 14.6. The third kappa shape index (κ3) is 4.88. The van der Waals surface area contributed by atoms with Crippen molar-refractivity contribution in [3.05, 3.63) is 41.8 Å². The molecule has 0 radical (unpaired) electrons. The SMILES string of the molecule is CC1CCN(c2ccc(NC(=O)CN(C)S(=O)(=O)c3cccs3)cc2)CC1. The van der Waals surface area contributed by atoms with Crippen LogP contribution in [-0.2, 0) is 14.8 Å². The summed E-state index contributed by atoms with van der Waals surface area (Å²) in [6, 6.07) is 10.9. The Kier molecular flexibility index (Phi) is 6.18. The molecule has 146 valence electrons. The minimum absolute atomic E-state index is 0.230. The van der Waals surface area contributed by atoms with E-state index in [1.54, 1.807) is 11.4 Å². The molecule has 6 nitrogen and oxygen atoms in total. The second-order valence-corrected chi connectivity index (χ2v) is 10.2. The number of thiophene rings is 1. The second kappa shape index (κ2) is 8.41. The largest absolute Gasteiger partial charge is 0.372 e. The Balaban J connectivity index is 1.56. The molecule has 0 aliphatic carbocycles. The summed E-state index contributed by atoms with van der Waals surface area (Å²) in [7, 11) is -2.21. The van der Waals surface area contributed by atoms with Crippen molar-refractivity contribution in [2.24, 2.45) is 5.92 Å². The molecule has 2 aromatic rings. The number of anilines is 2. The van der Waals surface area contributed by atoms with Crippen LogP contribution >= 0.6 is 11.3 Å². The molecule has 1 fully saturated rings. The first-order valence-electron chi connectivity index (χ1n) is 9.01. The molecule has 1 aromatic carbocycles. The van der Waals surface area contributed by atoms with Crippen LogP contribution in [0.4, 0.5) is 11.4 Å². The summed E-state index contributed by atoms with van der Waals surface area (Å²) in [6.07, 6.45) is 2.40. The molecule has 1 aliphatic rings. The average molecular weight is 408 g/mol. The van der Waals surface area contributed by atoms with Gasteiger partial charge in [-0.15, -0.1) is 11.3 Å². The van der Waals surface area contributed by atoms with Gasteiger partial charge in [0.1, 0.15) is 4.21 Å². The van der Waals surface area contributed by atoms with Gasteiger partial charge in [-0.25, -0.2) is 8.42 Å². The molecule has 1 N–H and O–H groups in total. The maximum absolute atomic E-state index is 12.4. The number of hydrogen-bond acceptors (Lipinski definition) is 5. The first-order valence-corrected chi connectivity index (χ1v) is 11.3. The van der Waals surface area contributed by atoms with Gasteiger partial charge in [0.2, 0.25) is 5.91 Å². The Morgan fingerprint density at radius 2 is 1.89 bits per heavy atom. The molecular formula is C19H25N3O3S2. The second-order valence-electron chi connectivity index (χ2n) is 6.96. The molecule has 1 aromatic heterocycles. The Hall–Kier alpha value is -1.90. The highest BCUT2D eigenvalue weighted by Gasteiger charge is 2.24. The van der Waals surface area contributed by atoms with Crippen LogP contribution in [0, 0.1) is 5.92 Å². The standard InChI is InChI=1S/C19H25N3O3S2/c1-15-9-11-22(12-10-15)17-7-5-16(6-8-17)20-18(23)14-21(2)27(24,25)19-4-3-13-26-19/h3-8,13,15H,9-12,14H2,1-2H3,(H,20,23). The van der Waals surface area contributed by atoms with Crippen LogP contribution in [0.2, 0.25) is 0 Å². The van der Waals surface area contributed by atoms with E-state index in [1.165, 1.54) is 26.0 Å². The van der Waals surface area contributed by atoms with Crippen molar-refractivity contribution in [3.8, 4) is 0 Å². The average Bonchev–Trinajstić information content (AvgIpc) is 3.18. The zero-order valence-corrected chi connectivity index (χ0v) is 17.2. The number of nitrogens with zero attached hydrogens (tertiary/aromatic N) is 2. The number of amides is 1. The number of piperidine rings is 1. The quantitative estimate of drug-likeness (QED) is 0.798. The number of carbonyl (C=O) groups excluding carboxylic acids is 1. The van der Waals surface area contributed by atoms with Crippen molar-refractivity contribution in [2.45, 2.75) is 24.0 Å². The van der Waals surface area contributed by atoms with Crippen LogP contribution in [0.1, 0.15) is 19.8 Å². The molecule has 27 heavy (non-hydrogen) atoms. The van der Waals surface area contributed by atoms with E-state index in [1.807, 2.05) is 24.3 Å². The number of hydrogen-bond donors (Lipinski definition) is 1. The lowest BCUT2D eigenvalue weighted by atomic mass is 9.99. The number of benzene rings is 1. The van der Waals surface area contributed by atoms with E-state index in [0.717, 1.165) is 40.3 Å². The van der Waals surface area contributed by atoms with Crippen molar-refractivity contribution in [3.63, 3.8) is 0 Å². The maximum Gasteiger partial charge on any atom is 0.252 e. The fourth-order valence-electron chi connectivity index (χ4n) is 3.07. The van der Waals surface area contributed by atoms with Crippen molar-refractivity contribution >= 4 is 38.6 Å². The molecule has 0 unspecified atom stereocenters. The van der Waals surface area contributed by atoms with Crippen molar-refractivity contribution in [1.82, 2.24) is 4.31 Å². The summed E-state index contributed by atoms with van der Waals surface area (Å²) in [5.41, 5.74) is 1.81. The molecule has 0 spiro atoms. The van der Waals surface area contributed by atoms with Gasteiger partial charge in [0, 0.05) is 31.5 Å². The molecule has 1 aliphatic heterocycles. The van der Waals surface area contributed by atoms with Crippen LogP contribution < -0.4 is 10.2 Å². The fraction of sp³-hybridized carbons (Fsp3) is 0.421. The van der Waals surface area contributed by atoms with Crippen LogP contribution in [0.3, 0.4) is 0 Å². The fourth-order valence-corrected chi connectivity index (χ4v) is 5.40. The highest BCUT2D eigenvalue weighted by molar-refractivity contribution is 7.91. The maximum atomic E-state index is 12.4. The predicted molar refractivity (Wildman–Crippen MR) is 110 cm³/mol. The molecule has 3 rings (SSSR count). The van der Waals surface area contributed by atoms with Gasteiger partial charge in [-0.1, -0.05) is 13.0 Å². The molecule has 0 saturated carbocycles. The van der Waals surface area contributed by atoms with E-state index in [0.29, 0.717) is 5.69 Å². The molecule has 1 saturated heterocycles. The smallest absolute Gasteiger partial charge is 0.252 e. The molecule has 8 heteroatoms. The lowest BCUT2D eigenvalue weighted by Gasteiger charge is -2.32. The normalized spacial score (nSPS) is 15.9. The Bertz CT molecular complexity index is 856. The first-order chi connectivity index (χ1) is 12.9. The van der Waals surface area contributed by atoms with Crippen LogP contribution in [0.15, 0.2) is 46.0 Å². The van der Waals surface area contributed by atoms with E-state index < -0.39 is 10.0 Å². The number of rotatable bonds is 6. The van der Waals surface area contributed by atoms with E-state index >= 15 is 0 Å². The zero-order valence-electron chi connectivity index (χ0n) is 15.6. The molecule has 1 amide bonds. The van der Waals surface area contributed by atoms with E-state index in [9.17, 15) is 13.2 Å². The highest BCUT2D eigenvalue weighted by Crippen LogP contribution is 2.24. The number of carbonyl (C=O) groups is 1. The van der Waals surface area contributed by atoms with Gasteiger partial charge < -0.3 is 10.2 Å². The van der Waals surface area contributed by atoms with Crippen LogP contribution in [0.25, 0.3) is 0 Å². The number of nitrogens with one attached hydrogen (secondary N) is 1. The molecule has 0 atom stereocenters. The Morgan fingerprint density at radius 3 is 2.48 bits per heavy atom. The summed E-state index contributed by atoms with van der Waals surface area (Å²) in [5, 5.41) is 4.47. The van der Waals surface area contributed by atoms with Gasteiger partial charge in [-0.2, -0.15) is 4.31 Å². The van der Waals surface area contributed by atoms with Crippen molar-refractivity contribution < 1.29 is 13.2 Å². The van der Waals surface area contributed by atoms with Gasteiger partial charge in [-0.3, -0.25) is 4.79 Å². The Morgan fingerprint density at radius 1 is 1.22 bits per heavy atom. The van der Waals surface area contributed by atoms with Gasteiger partial charge in [0.05, 0.1) is 6.54 Å². The molecule has 2 heterocycles. The molecule has 0 bridgehead atoms. The van der Waals surface area contributed by atoms with E-state index in [-0.39, 0.29) is 16.7 Å². The van der Waals surface area contributed by atoms with Crippen LogP contribution in [-0.4, -0.2) is 45.3 Å². The lowest BCUT2D eigenvalue weighted by molar-refractivity contribution is -0.116. The summed E-state index contributed by atoms with van der Waals surface area (Å²) in [6.45, 7) is 4.16. The van der Waals surface area contributed by atoms with Crippen LogP contribution in [0.5, 0.6) is 0 Å². The van der Waals surface area contributed by atoms with Crippen molar-refractivity contribution in [2.75, 3.05) is 36.9 Å². The Labute approximate surface area is 164 Å². The molecular weight excluding hydrogens is 382 g/mol. The van der Waals surface area contributed by atoms with Crippen molar-refractivity contribution in [1.29, 1.82) is 0 Å². The third-order valence-electron chi connectivity index (χ3n) is 4.83. The third-order valence-corrected chi connectivity index (χ3v) is 8.00. The summed E-state index contributed by atoms with van der Waals surface area (Å²) in [5.74, 6) is 0.416. The number of sulfonamides is 1. The summed E-state index contributed by atoms with van der Waals surface area (Å²) >= 11 is 1.14. The monoisotopic (exact) mass is 407 g/mol. The highest BCUT2D eigenvalue weighted by atomic mass is 32.2. The van der Waals surface area contributed by atoms with Gasteiger partial charge in [0.25, 0.3) is 10.0 Å². The topological polar surface area (TPSA) is 69.7 Å². The van der Waals surface area contributed by atoms with E-state index in [2.05, 4.69) is 17.1 Å².